The molecule has 1 unspecified atom stereocenters. The van der Waals surface area contributed by atoms with E-state index in [-0.39, 0.29) is 5.56 Å². The molecule has 0 aliphatic heterocycles. The third kappa shape index (κ3) is 3.39. The highest BCUT2D eigenvalue weighted by Gasteiger charge is 2.21. The molecule has 0 fully saturated rings. The fourth-order valence-corrected chi connectivity index (χ4v) is 2.56. The third-order valence-corrected chi connectivity index (χ3v) is 3.55. The quantitative estimate of drug-likeness (QED) is 0.802. The minimum absolute atomic E-state index is 0.0292. The number of rotatable bonds is 4. The van der Waals surface area contributed by atoms with Crippen LogP contribution in [0.5, 0.6) is 0 Å². The molecule has 0 amide bonds. The summed E-state index contributed by atoms with van der Waals surface area (Å²) in [4.78, 5) is 0. The molecule has 2 aromatic rings. The minimum atomic E-state index is -1.21. The summed E-state index contributed by atoms with van der Waals surface area (Å²) in [6.07, 6.45) is 0. The van der Waals surface area contributed by atoms with E-state index in [1.54, 1.807) is 12.1 Å². The normalized spacial score (nSPS) is 12.5. The fraction of sp³-hybridized carbons (Fsp3) is 0.250. The van der Waals surface area contributed by atoms with Crippen LogP contribution < -0.4 is 5.32 Å². The van der Waals surface area contributed by atoms with Crippen molar-refractivity contribution in [1.82, 2.24) is 5.32 Å². The Morgan fingerprint density at radius 2 is 1.67 bits per heavy atom. The first-order valence-corrected chi connectivity index (χ1v) is 6.95. The van der Waals surface area contributed by atoms with Crippen LogP contribution in [-0.4, -0.2) is 6.54 Å². The van der Waals surface area contributed by atoms with Crippen LogP contribution in [-0.2, 0) is 0 Å². The van der Waals surface area contributed by atoms with Gasteiger partial charge in [-0.2, -0.15) is 0 Å². The Morgan fingerprint density at radius 3 is 2.29 bits per heavy atom. The second-order valence-electron chi connectivity index (χ2n) is 4.80. The number of aryl methyl sites for hydroxylation is 1. The van der Waals surface area contributed by atoms with E-state index in [0.717, 1.165) is 11.6 Å². The molecule has 0 aliphatic rings. The third-order valence-electron chi connectivity index (χ3n) is 3.23. The van der Waals surface area contributed by atoms with Crippen LogP contribution in [0.2, 0.25) is 5.02 Å². The lowest BCUT2D eigenvalue weighted by molar-refractivity contribution is 0.481. The summed E-state index contributed by atoms with van der Waals surface area (Å²) >= 11 is 6.20. The minimum Gasteiger partial charge on any atom is -0.306 e. The van der Waals surface area contributed by atoms with Gasteiger partial charge < -0.3 is 5.32 Å². The van der Waals surface area contributed by atoms with E-state index in [9.17, 15) is 13.2 Å². The first kappa shape index (κ1) is 15.9. The van der Waals surface area contributed by atoms with Crippen molar-refractivity contribution in [3.05, 3.63) is 69.5 Å². The highest BCUT2D eigenvalue weighted by atomic mass is 35.5. The van der Waals surface area contributed by atoms with Gasteiger partial charge in [-0.1, -0.05) is 30.7 Å². The SMILES string of the molecule is CCNC(c1cc(F)c(F)cc1F)c1ccc(C)cc1Cl. The van der Waals surface area contributed by atoms with Crippen LogP contribution in [0.15, 0.2) is 30.3 Å². The summed E-state index contributed by atoms with van der Waals surface area (Å²) in [6, 6.07) is 6.12. The number of nitrogens with one attached hydrogen (secondary N) is 1. The van der Waals surface area contributed by atoms with Gasteiger partial charge in [-0.25, -0.2) is 13.2 Å². The van der Waals surface area contributed by atoms with Gasteiger partial charge in [0.2, 0.25) is 0 Å². The van der Waals surface area contributed by atoms with Crippen molar-refractivity contribution in [2.45, 2.75) is 19.9 Å². The van der Waals surface area contributed by atoms with Gasteiger partial charge in [0.1, 0.15) is 5.82 Å². The zero-order valence-corrected chi connectivity index (χ0v) is 12.4. The summed E-state index contributed by atoms with van der Waals surface area (Å²) in [5.74, 6) is -3.10. The van der Waals surface area contributed by atoms with E-state index in [4.69, 9.17) is 11.6 Å². The van der Waals surface area contributed by atoms with Gasteiger partial charge in [0.25, 0.3) is 0 Å². The van der Waals surface area contributed by atoms with Crippen molar-refractivity contribution in [2.75, 3.05) is 6.54 Å². The van der Waals surface area contributed by atoms with Crippen LogP contribution in [0, 0.1) is 24.4 Å². The van der Waals surface area contributed by atoms with Crippen LogP contribution in [0.1, 0.15) is 29.7 Å². The van der Waals surface area contributed by atoms with Crippen molar-refractivity contribution in [1.29, 1.82) is 0 Å². The molecule has 5 heteroatoms. The molecule has 0 bridgehead atoms. The lowest BCUT2D eigenvalue weighted by Crippen LogP contribution is -2.23. The van der Waals surface area contributed by atoms with Gasteiger partial charge in [0.05, 0.1) is 6.04 Å². The number of halogens is 4. The Balaban J connectivity index is 2.55. The molecule has 0 aliphatic carbocycles. The van der Waals surface area contributed by atoms with Crippen LogP contribution in [0.25, 0.3) is 0 Å². The maximum Gasteiger partial charge on any atom is 0.161 e. The fourth-order valence-electron chi connectivity index (χ4n) is 2.22. The van der Waals surface area contributed by atoms with Gasteiger partial charge in [-0.05, 0) is 36.7 Å². The average molecular weight is 314 g/mol. The molecule has 112 valence electrons. The predicted molar refractivity (Wildman–Crippen MR) is 78.0 cm³/mol. The Labute approximate surface area is 126 Å². The second kappa shape index (κ2) is 6.50. The molecule has 2 rings (SSSR count). The summed E-state index contributed by atoms with van der Waals surface area (Å²) in [7, 11) is 0. The van der Waals surface area contributed by atoms with Crippen molar-refractivity contribution >= 4 is 11.6 Å². The molecule has 1 atom stereocenters. The van der Waals surface area contributed by atoms with Crippen LogP contribution >= 0.6 is 11.6 Å². The molecule has 0 heterocycles. The van der Waals surface area contributed by atoms with Crippen LogP contribution in [0.3, 0.4) is 0 Å². The largest absolute Gasteiger partial charge is 0.306 e. The highest BCUT2D eigenvalue weighted by molar-refractivity contribution is 6.31. The molecule has 0 aromatic heterocycles. The van der Waals surface area contributed by atoms with Crippen molar-refractivity contribution in [3.8, 4) is 0 Å². The van der Waals surface area contributed by atoms with Crippen molar-refractivity contribution < 1.29 is 13.2 Å². The molecule has 2 aromatic carbocycles. The van der Waals surface area contributed by atoms with E-state index in [1.807, 2.05) is 19.9 Å². The summed E-state index contributed by atoms with van der Waals surface area (Å²) in [5.41, 5.74) is 1.61. The van der Waals surface area contributed by atoms with Crippen molar-refractivity contribution in [2.24, 2.45) is 0 Å². The van der Waals surface area contributed by atoms with Crippen molar-refractivity contribution in [3.63, 3.8) is 0 Å². The Hall–Kier alpha value is -1.52. The standard InChI is InChI=1S/C16H15ClF3N/c1-3-21-16(10-5-4-9(2)6-12(10)17)11-7-14(19)15(20)8-13(11)18/h4-8,16,21H,3H2,1-2H3. The first-order chi connectivity index (χ1) is 9.93. The molecule has 1 nitrogen and oxygen atoms in total. The second-order valence-corrected chi connectivity index (χ2v) is 5.21. The smallest absolute Gasteiger partial charge is 0.161 e. The van der Waals surface area contributed by atoms with Gasteiger partial charge in [0.15, 0.2) is 11.6 Å². The number of hydrogen-bond acceptors (Lipinski definition) is 1. The summed E-state index contributed by atoms with van der Waals surface area (Å²) < 4.78 is 40.5. The van der Waals surface area contributed by atoms with E-state index in [1.165, 1.54) is 0 Å². The number of benzene rings is 2. The van der Waals surface area contributed by atoms with E-state index in [2.05, 4.69) is 5.32 Å². The molecular formula is C16H15ClF3N. The molecular weight excluding hydrogens is 299 g/mol. The van der Waals surface area contributed by atoms with E-state index >= 15 is 0 Å². The zero-order chi connectivity index (χ0) is 15.6. The maximum atomic E-state index is 14.0. The topological polar surface area (TPSA) is 12.0 Å². The zero-order valence-electron chi connectivity index (χ0n) is 11.7. The van der Waals surface area contributed by atoms with Gasteiger partial charge in [-0.15, -0.1) is 0 Å². The molecule has 0 saturated carbocycles. The monoisotopic (exact) mass is 313 g/mol. The maximum absolute atomic E-state index is 14.0. The molecule has 21 heavy (non-hydrogen) atoms. The molecule has 0 saturated heterocycles. The van der Waals surface area contributed by atoms with E-state index < -0.39 is 23.5 Å². The number of hydrogen-bond donors (Lipinski definition) is 1. The van der Waals surface area contributed by atoms with Gasteiger partial charge >= 0.3 is 0 Å². The highest BCUT2D eigenvalue weighted by Crippen LogP contribution is 2.31. The lowest BCUT2D eigenvalue weighted by atomic mass is 9.97. The summed E-state index contributed by atoms with van der Waals surface area (Å²) in [6.45, 7) is 4.25. The molecule has 0 radical (unpaired) electrons. The average Bonchev–Trinajstić information content (AvgIpc) is 2.41. The summed E-state index contributed by atoms with van der Waals surface area (Å²) in [5, 5.41) is 3.50. The Bertz CT molecular complexity index is 658. The van der Waals surface area contributed by atoms with E-state index in [0.29, 0.717) is 23.2 Å². The molecule has 1 N–H and O–H groups in total. The Morgan fingerprint density at radius 1 is 1.00 bits per heavy atom. The van der Waals surface area contributed by atoms with Crippen LogP contribution in [0.4, 0.5) is 13.2 Å². The Kier molecular flexibility index (Phi) is 4.91. The predicted octanol–water partition coefficient (Wildman–Crippen LogP) is 4.76. The molecule has 0 spiro atoms. The van der Waals surface area contributed by atoms with Gasteiger partial charge in [0, 0.05) is 16.7 Å². The lowest BCUT2D eigenvalue weighted by Gasteiger charge is -2.21. The first-order valence-electron chi connectivity index (χ1n) is 6.58. The van der Waals surface area contributed by atoms with Gasteiger partial charge in [-0.3, -0.25) is 0 Å².